The van der Waals surface area contributed by atoms with Gasteiger partial charge < -0.3 is 29.5 Å². The van der Waals surface area contributed by atoms with E-state index in [9.17, 15) is 4.79 Å². The first-order chi connectivity index (χ1) is 17.1. The van der Waals surface area contributed by atoms with Crippen LogP contribution < -0.4 is 15.1 Å². The number of nitrogens with one attached hydrogen (secondary N) is 1. The van der Waals surface area contributed by atoms with Crippen LogP contribution in [-0.4, -0.2) is 70.0 Å². The lowest BCUT2D eigenvalue weighted by Gasteiger charge is -2.32. The van der Waals surface area contributed by atoms with Gasteiger partial charge in [0, 0.05) is 50.5 Å². The third kappa shape index (κ3) is 4.12. The Hall–Kier alpha value is -2.51. The molecule has 1 aromatic rings. The lowest BCUT2D eigenvalue weighted by Crippen LogP contribution is -2.40. The van der Waals surface area contributed by atoms with Crippen molar-refractivity contribution in [3.8, 4) is 0 Å². The molecule has 2 saturated carbocycles. The quantitative estimate of drug-likeness (QED) is 0.710. The molecule has 1 aromatic carbocycles. The largest absolute Gasteiger partial charge is 0.378 e. The second-order valence-electron chi connectivity index (χ2n) is 10.6. The monoisotopic (exact) mass is 478 g/mol. The molecule has 35 heavy (non-hydrogen) atoms. The Morgan fingerprint density at radius 2 is 1.97 bits per heavy atom. The van der Waals surface area contributed by atoms with Crippen LogP contribution in [0, 0.1) is 17.8 Å². The number of nitrogens with zero attached hydrogens (tertiary/aromatic N) is 3. The Labute approximate surface area is 208 Å². The molecule has 3 fully saturated rings. The summed E-state index contributed by atoms with van der Waals surface area (Å²) < 4.78 is 11.6. The van der Waals surface area contributed by atoms with Gasteiger partial charge in [-0.15, -0.1) is 0 Å². The first-order valence-electron chi connectivity index (χ1n) is 13.4. The van der Waals surface area contributed by atoms with Crippen molar-refractivity contribution in [1.82, 2.24) is 4.90 Å². The fourth-order valence-corrected chi connectivity index (χ4v) is 6.99. The van der Waals surface area contributed by atoms with E-state index in [0.717, 1.165) is 88.0 Å². The van der Waals surface area contributed by atoms with Gasteiger partial charge in [-0.2, -0.15) is 0 Å². The summed E-state index contributed by atoms with van der Waals surface area (Å²) in [6.45, 7) is 7.57. The molecule has 2 aliphatic carbocycles. The minimum absolute atomic E-state index is 0.0813. The van der Waals surface area contributed by atoms with Crippen molar-refractivity contribution in [3.63, 3.8) is 0 Å². The van der Waals surface area contributed by atoms with Gasteiger partial charge in [0.25, 0.3) is 0 Å². The number of likely N-dealkylation sites (N-methyl/N-ethyl adjacent to an activating group) is 1. The molecule has 188 valence electrons. The highest BCUT2D eigenvalue weighted by Gasteiger charge is 2.49. The van der Waals surface area contributed by atoms with Crippen LogP contribution in [0.3, 0.4) is 0 Å². The number of morpholine rings is 1. The predicted molar refractivity (Wildman–Crippen MR) is 139 cm³/mol. The Kier molecular flexibility index (Phi) is 6.23. The number of anilines is 3. The molecule has 6 rings (SSSR count). The molecular formula is C28H38N4O3. The van der Waals surface area contributed by atoms with Crippen LogP contribution in [0.1, 0.15) is 32.6 Å². The third-order valence-corrected chi connectivity index (χ3v) is 8.72. The zero-order valence-electron chi connectivity index (χ0n) is 21.0. The average Bonchev–Trinajstić information content (AvgIpc) is 3.43. The summed E-state index contributed by atoms with van der Waals surface area (Å²) in [5, 5.41) is 3.68. The SMILES string of the molecule is CCO[C@@H]1CC[C@H]2[C@@H]1CC[C@H]2C(=O)N1CC2=C(Nc3ccc(N4CCOCC4)cc31)N(C)CC=C2. The zero-order valence-corrected chi connectivity index (χ0v) is 21.0. The van der Waals surface area contributed by atoms with Crippen molar-refractivity contribution in [2.75, 3.05) is 68.2 Å². The summed E-state index contributed by atoms with van der Waals surface area (Å²) in [5.41, 5.74) is 4.34. The van der Waals surface area contributed by atoms with Gasteiger partial charge in [0.05, 0.1) is 37.2 Å². The maximum absolute atomic E-state index is 14.3. The Bertz CT molecular complexity index is 1030. The normalized spacial score (nSPS) is 30.1. The number of fused-ring (bicyclic) bond motifs is 2. The molecule has 1 N–H and O–H groups in total. The topological polar surface area (TPSA) is 57.3 Å². The maximum Gasteiger partial charge on any atom is 0.230 e. The molecule has 3 heterocycles. The predicted octanol–water partition coefficient (Wildman–Crippen LogP) is 3.84. The Morgan fingerprint density at radius 3 is 2.80 bits per heavy atom. The molecule has 0 aromatic heterocycles. The number of benzene rings is 1. The van der Waals surface area contributed by atoms with Crippen molar-refractivity contribution in [2.24, 2.45) is 17.8 Å². The van der Waals surface area contributed by atoms with Crippen LogP contribution in [0.4, 0.5) is 17.1 Å². The summed E-state index contributed by atoms with van der Waals surface area (Å²) in [5.74, 6) is 2.44. The number of ether oxygens (including phenoxy) is 2. The summed E-state index contributed by atoms with van der Waals surface area (Å²) in [4.78, 5) is 21.0. The van der Waals surface area contributed by atoms with Crippen molar-refractivity contribution < 1.29 is 14.3 Å². The minimum atomic E-state index is 0.0813. The van der Waals surface area contributed by atoms with Crippen LogP contribution in [0.2, 0.25) is 0 Å². The van der Waals surface area contributed by atoms with Crippen molar-refractivity contribution in [2.45, 2.75) is 38.7 Å². The van der Waals surface area contributed by atoms with E-state index in [0.29, 0.717) is 24.5 Å². The second kappa shape index (κ2) is 9.51. The number of amides is 1. The van der Waals surface area contributed by atoms with E-state index < -0.39 is 0 Å². The van der Waals surface area contributed by atoms with E-state index in [2.05, 4.69) is 64.3 Å². The van der Waals surface area contributed by atoms with Crippen LogP contribution in [0.15, 0.2) is 41.7 Å². The molecule has 7 heteroatoms. The Balaban J connectivity index is 1.35. The van der Waals surface area contributed by atoms with Gasteiger partial charge in [-0.1, -0.05) is 12.2 Å². The van der Waals surface area contributed by atoms with Gasteiger partial charge in [-0.3, -0.25) is 4.79 Å². The summed E-state index contributed by atoms with van der Waals surface area (Å²) in [6.07, 6.45) is 8.99. The summed E-state index contributed by atoms with van der Waals surface area (Å²) >= 11 is 0. The van der Waals surface area contributed by atoms with Gasteiger partial charge in [-0.25, -0.2) is 0 Å². The molecule has 0 bridgehead atoms. The van der Waals surface area contributed by atoms with E-state index in [4.69, 9.17) is 9.47 Å². The van der Waals surface area contributed by atoms with Crippen LogP contribution >= 0.6 is 0 Å². The highest BCUT2D eigenvalue weighted by atomic mass is 16.5. The fourth-order valence-electron chi connectivity index (χ4n) is 6.99. The number of hydrogen-bond donors (Lipinski definition) is 1. The van der Waals surface area contributed by atoms with E-state index in [1.165, 1.54) is 5.57 Å². The van der Waals surface area contributed by atoms with Gasteiger partial charge >= 0.3 is 0 Å². The van der Waals surface area contributed by atoms with E-state index in [1.54, 1.807) is 0 Å². The second-order valence-corrected chi connectivity index (χ2v) is 10.6. The number of rotatable bonds is 4. The zero-order chi connectivity index (χ0) is 23.9. The Morgan fingerprint density at radius 1 is 1.14 bits per heavy atom. The highest BCUT2D eigenvalue weighted by molar-refractivity contribution is 6.00. The van der Waals surface area contributed by atoms with Gasteiger partial charge in [-0.05, 0) is 62.6 Å². The molecule has 0 unspecified atom stereocenters. The third-order valence-electron chi connectivity index (χ3n) is 8.72. The van der Waals surface area contributed by atoms with E-state index >= 15 is 0 Å². The van der Waals surface area contributed by atoms with Crippen LogP contribution in [0.25, 0.3) is 0 Å². The smallest absolute Gasteiger partial charge is 0.230 e. The summed E-state index contributed by atoms with van der Waals surface area (Å²) in [6, 6.07) is 6.55. The maximum atomic E-state index is 14.3. The number of hydrogen-bond acceptors (Lipinski definition) is 6. The standard InChI is InChI=1S/C28H38N4O3/c1-3-35-26-11-9-21-22(26)7-8-23(21)28(33)32-18-19-5-4-12-30(2)27(19)29-24-10-6-20(17-25(24)32)31-13-15-34-16-14-31/h4-6,10,17,21-23,26,29H,3,7-9,11-16,18H2,1-2H3/t21-,22-,23+,26+/m0/s1. The van der Waals surface area contributed by atoms with E-state index in [-0.39, 0.29) is 11.8 Å². The number of carbonyl (C=O) groups is 1. The van der Waals surface area contributed by atoms with Crippen molar-refractivity contribution in [1.29, 1.82) is 0 Å². The van der Waals surface area contributed by atoms with Crippen molar-refractivity contribution >= 4 is 23.0 Å². The molecule has 1 amide bonds. The van der Waals surface area contributed by atoms with E-state index in [1.807, 2.05) is 0 Å². The van der Waals surface area contributed by atoms with Gasteiger partial charge in [0.2, 0.25) is 5.91 Å². The van der Waals surface area contributed by atoms with Crippen molar-refractivity contribution in [3.05, 3.63) is 41.7 Å². The van der Waals surface area contributed by atoms with Crippen LogP contribution in [0.5, 0.6) is 0 Å². The molecule has 4 atom stereocenters. The van der Waals surface area contributed by atoms with Gasteiger partial charge in [0.15, 0.2) is 0 Å². The molecule has 5 aliphatic rings. The molecule has 1 saturated heterocycles. The molecular weight excluding hydrogens is 440 g/mol. The highest BCUT2D eigenvalue weighted by Crippen LogP contribution is 2.50. The first kappa shape index (κ1) is 22.9. The average molecular weight is 479 g/mol. The molecule has 7 nitrogen and oxygen atoms in total. The van der Waals surface area contributed by atoms with Crippen LogP contribution in [-0.2, 0) is 14.3 Å². The fraction of sp³-hybridized carbons (Fsp3) is 0.607. The number of carbonyl (C=O) groups excluding carboxylic acids is 1. The minimum Gasteiger partial charge on any atom is -0.378 e. The summed E-state index contributed by atoms with van der Waals surface area (Å²) in [7, 11) is 2.11. The van der Waals surface area contributed by atoms with Gasteiger partial charge in [0.1, 0.15) is 5.82 Å². The molecule has 0 radical (unpaired) electrons. The molecule has 0 spiro atoms. The molecule has 3 aliphatic heterocycles. The first-order valence-corrected chi connectivity index (χ1v) is 13.4. The lowest BCUT2D eigenvalue weighted by atomic mass is 9.90. The lowest BCUT2D eigenvalue weighted by molar-refractivity contribution is -0.123.